The van der Waals surface area contributed by atoms with Crippen LogP contribution in [0.2, 0.25) is 5.02 Å². The van der Waals surface area contributed by atoms with Crippen molar-refractivity contribution in [1.82, 2.24) is 0 Å². The van der Waals surface area contributed by atoms with Crippen molar-refractivity contribution >= 4 is 23.1 Å². The fraction of sp³-hybridized carbons (Fsp3) is 0.364. The van der Waals surface area contributed by atoms with E-state index in [1.54, 1.807) is 0 Å². The van der Waals surface area contributed by atoms with Gasteiger partial charge >= 0.3 is 0 Å². The minimum Gasteiger partial charge on any atom is -0.484 e. The number of nitro benzene ring substituents is 1. The molecular weight excluding hydrogens is 246 g/mol. The summed E-state index contributed by atoms with van der Waals surface area (Å²) in [4.78, 5) is 21.2. The summed E-state index contributed by atoms with van der Waals surface area (Å²) < 4.78 is 5.16. The van der Waals surface area contributed by atoms with Crippen LogP contribution in [0.4, 0.5) is 5.69 Å². The molecule has 0 N–H and O–H groups in total. The molecule has 17 heavy (non-hydrogen) atoms. The van der Waals surface area contributed by atoms with E-state index < -0.39 is 4.92 Å². The summed E-state index contributed by atoms with van der Waals surface area (Å²) in [5, 5.41) is 10.8. The Morgan fingerprint density at radius 1 is 1.53 bits per heavy atom. The first-order valence-electron chi connectivity index (χ1n) is 5.13. The van der Waals surface area contributed by atoms with E-state index in [1.165, 1.54) is 18.2 Å². The minimum atomic E-state index is -0.545. The molecule has 92 valence electrons. The van der Waals surface area contributed by atoms with Gasteiger partial charge in [0.05, 0.1) is 16.0 Å². The average Bonchev–Trinajstić information content (AvgIpc) is 2.28. The number of Topliss-reactive ketones (excluding diaryl/α,β-unsaturated/α-hetero) is 1. The maximum absolute atomic E-state index is 11.2. The highest BCUT2D eigenvalue weighted by molar-refractivity contribution is 6.32. The molecule has 0 amide bonds. The van der Waals surface area contributed by atoms with Gasteiger partial charge in [0.2, 0.25) is 0 Å². The van der Waals surface area contributed by atoms with Gasteiger partial charge in [-0.05, 0) is 12.5 Å². The lowest BCUT2D eigenvalue weighted by Gasteiger charge is -2.06. The number of non-ortho nitro benzene ring substituents is 1. The SMILES string of the molecule is CCCC(=O)COc1cc([N+](=O)[O-])ccc1Cl. The summed E-state index contributed by atoms with van der Waals surface area (Å²) in [5.41, 5.74) is -0.118. The molecule has 0 bridgehead atoms. The number of nitrogens with zero attached hydrogens (tertiary/aromatic N) is 1. The lowest BCUT2D eigenvalue weighted by atomic mass is 10.2. The van der Waals surface area contributed by atoms with E-state index in [4.69, 9.17) is 16.3 Å². The van der Waals surface area contributed by atoms with Crippen LogP contribution in [-0.4, -0.2) is 17.3 Å². The van der Waals surface area contributed by atoms with Crippen molar-refractivity contribution in [3.63, 3.8) is 0 Å². The first-order chi connectivity index (χ1) is 8.04. The highest BCUT2D eigenvalue weighted by atomic mass is 35.5. The van der Waals surface area contributed by atoms with Crippen LogP contribution in [0.15, 0.2) is 18.2 Å². The number of ether oxygens (including phenoxy) is 1. The molecule has 0 saturated carbocycles. The van der Waals surface area contributed by atoms with Crippen LogP contribution in [0.3, 0.4) is 0 Å². The topological polar surface area (TPSA) is 69.4 Å². The number of nitro groups is 1. The molecule has 0 aliphatic rings. The Kier molecular flexibility index (Phi) is 4.90. The van der Waals surface area contributed by atoms with E-state index in [9.17, 15) is 14.9 Å². The number of rotatable bonds is 6. The van der Waals surface area contributed by atoms with Crippen LogP contribution in [0, 0.1) is 10.1 Å². The Balaban J connectivity index is 2.73. The Morgan fingerprint density at radius 3 is 2.82 bits per heavy atom. The summed E-state index contributed by atoms with van der Waals surface area (Å²) in [7, 11) is 0. The second-order valence-electron chi connectivity index (χ2n) is 3.45. The molecule has 0 aliphatic carbocycles. The van der Waals surface area contributed by atoms with Gasteiger partial charge in [0, 0.05) is 12.5 Å². The highest BCUT2D eigenvalue weighted by Gasteiger charge is 2.11. The number of halogens is 1. The van der Waals surface area contributed by atoms with Crippen molar-refractivity contribution in [3.05, 3.63) is 33.3 Å². The first kappa shape index (κ1) is 13.4. The molecule has 0 saturated heterocycles. The molecule has 6 heteroatoms. The summed E-state index contributed by atoms with van der Waals surface area (Å²) >= 11 is 5.80. The van der Waals surface area contributed by atoms with Crippen LogP contribution >= 0.6 is 11.6 Å². The predicted molar refractivity (Wildman–Crippen MR) is 63.5 cm³/mol. The summed E-state index contributed by atoms with van der Waals surface area (Å²) in [6.07, 6.45) is 1.16. The molecule has 0 fully saturated rings. The van der Waals surface area contributed by atoms with Crippen molar-refractivity contribution in [2.75, 3.05) is 6.61 Å². The van der Waals surface area contributed by atoms with Gasteiger partial charge in [-0.15, -0.1) is 0 Å². The maximum Gasteiger partial charge on any atom is 0.273 e. The highest BCUT2D eigenvalue weighted by Crippen LogP contribution is 2.28. The first-order valence-corrected chi connectivity index (χ1v) is 5.50. The van der Waals surface area contributed by atoms with Gasteiger partial charge in [-0.2, -0.15) is 0 Å². The predicted octanol–water partition coefficient (Wildman–Crippen LogP) is 3.00. The van der Waals surface area contributed by atoms with E-state index >= 15 is 0 Å². The van der Waals surface area contributed by atoms with Crippen LogP contribution < -0.4 is 4.74 Å². The Labute approximate surface area is 103 Å². The maximum atomic E-state index is 11.2. The number of carbonyl (C=O) groups is 1. The zero-order chi connectivity index (χ0) is 12.8. The normalized spacial score (nSPS) is 10.0. The molecule has 5 nitrogen and oxygen atoms in total. The summed E-state index contributed by atoms with van der Waals surface area (Å²) in [6.45, 7) is 1.77. The lowest BCUT2D eigenvalue weighted by Crippen LogP contribution is -2.10. The molecule has 0 aromatic heterocycles. The molecule has 0 aliphatic heterocycles. The van der Waals surface area contributed by atoms with Gasteiger partial charge < -0.3 is 4.74 Å². The van der Waals surface area contributed by atoms with Crippen molar-refractivity contribution < 1.29 is 14.5 Å². The standard InChI is InChI=1S/C11H12ClNO4/c1-2-3-9(14)7-17-11-6-8(13(15)16)4-5-10(11)12/h4-6H,2-3,7H2,1H3. The Bertz CT molecular complexity index is 433. The molecule has 0 unspecified atom stereocenters. The van der Waals surface area contributed by atoms with E-state index in [1.807, 2.05) is 6.92 Å². The monoisotopic (exact) mass is 257 g/mol. The Hall–Kier alpha value is -1.62. The van der Waals surface area contributed by atoms with Crippen LogP contribution in [0.5, 0.6) is 5.75 Å². The fourth-order valence-corrected chi connectivity index (χ4v) is 1.40. The third-order valence-corrected chi connectivity index (χ3v) is 2.36. The van der Waals surface area contributed by atoms with Gasteiger partial charge in [-0.3, -0.25) is 14.9 Å². The fourth-order valence-electron chi connectivity index (χ4n) is 1.23. The van der Waals surface area contributed by atoms with Crippen molar-refractivity contribution in [3.8, 4) is 5.75 Å². The molecular formula is C11H12ClNO4. The smallest absolute Gasteiger partial charge is 0.273 e. The molecule has 0 spiro atoms. The average molecular weight is 258 g/mol. The molecule has 0 atom stereocenters. The van der Waals surface area contributed by atoms with E-state index in [0.717, 1.165) is 6.42 Å². The lowest BCUT2D eigenvalue weighted by molar-refractivity contribution is -0.384. The van der Waals surface area contributed by atoms with Crippen molar-refractivity contribution in [1.29, 1.82) is 0 Å². The summed E-state index contributed by atoms with van der Waals surface area (Å²) in [5.74, 6) is 0.0976. The number of benzene rings is 1. The van der Waals surface area contributed by atoms with Crippen LogP contribution in [0.1, 0.15) is 19.8 Å². The van der Waals surface area contributed by atoms with E-state index in [2.05, 4.69) is 0 Å². The number of ketones is 1. The molecule has 1 aromatic carbocycles. The summed E-state index contributed by atoms with van der Waals surface area (Å²) in [6, 6.07) is 3.87. The third kappa shape index (κ3) is 4.03. The molecule has 0 radical (unpaired) electrons. The van der Waals surface area contributed by atoms with Crippen LogP contribution in [-0.2, 0) is 4.79 Å². The van der Waals surface area contributed by atoms with Crippen LogP contribution in [0.25, 0.3) is 0 Å². The van der Waals surface area contributed by atoms with Crippen molar-refractivity contribution in [2.24, 2.45) is 0 Å². The third-order valence-electron chi connectivity index (χ3n) is 2.04. The van der Waals surface area contributed by atoms with E-state index in [0.29, 0.717) is 6.42 Å². The molecule has 1 rings (SSSR count). The second kappa shape index (κ2) is 6.20. The van der Waals surface area contributed by atoms with Gasteiger partial charge in [-0.25, -0.2) is 0 Å². The number of carbonyl (C=O) groups excluding carboxylic acids is 1. The molecule has 1 aromatic rings. The van der Waals surface area contributed by atoms with Crippen molar-refractivity contribution in [2.45, 2.75) is 19.8 Å². The quantitative estimate of drug-likeness (QED) is 0.580. The number of hydrogen-bond acceptors (Lipinski definition) is 4. The zero-order valence-electron chi connectivity index (χ0n) is 9.31. The van der Waals surface area contributed by atoms with Gasteiger partial charge in [0.1, 0.15) is 12.4 Å². The Morgan fingerprint density at radius 2 is 2.24 bits per heavy atom. The second-order valence-corrected chi connectivity index (χ2v) is 3.86. The number of hydrogen-bond donors (Lipinski definition) is 0. The van der Waals surface area contributed by atoms with E-state index in [-0.39, 0.29) is 28.8 Å². The largest absolute Gasteiger partial charge is 0.484 e. The van der Waals surface area contributed by atoms with Gasteiger partial charge in [0.25, 0.3) is 5.69 Å². The van der Waals surface area contributed by atoms with Gasteiger partial charge in [0.15, 0.2) is 5.78 Å². The zero-order valence-corrected chi connectivity index (χ0v) is 10.1. The molecule has 0 heterocycles. The van der Waals surface area contributed by atoms with Gasteiger partial charge in [-0.1, -0.05) is 18.5 Å². The minimum absolute atomic E-state index is 0.0601.